The van der Waals surface area contributed by atoms with Gasteiger partial charge >= 0.3 is 5.97 Å². The third-order valence-corrected chi connectivity index (χ3v) is 6.40. The quantitative estimate of drug-likeness (QED) is 0.811. The highest BCUT2D eigenvalue weighted by Crippen LogP contribution is 2.38. The van der Waals surface area contributed by atoms with Crippen molar-refractivity contribution in [2.75, 3.05) is 31.6 Å². The molecule has 2 atom stereocenters. The number of nitrogens with zero attached hydrogens (tertiary/aromatic N) is 3. The maximum Gasteiger partial charge on any atom is 0.376 e. The molecule has 3 aliphatic rings. The molecule has 2 aromatic rings. The molecule has 2 fully saturated rings. The molecule has 2 aliphatic heterocycles. The summed E-state index contributed by atoms with van der Waals surface area (Å²) in [5, 5.41) is 3.66. The van der Waals surface area contributed by atoms with Crippen LogP contribution in [-0.4, -0.2) is 48.7 Å². The number of aryl methyl sites for hydroxylation is 1. The minimum atomic E-state index is -0.472. The fraction of sp³-hybridized carbons (Fsp3) is 0.500. The van der Waals surface area contributed by atoms with Crippen molar-refractivity contribution >= 4 is 11.8 Å². The van der Waals surface area contributed by atoms with E-state index in [4.69, 9.17) is 9.72 Å². The average Bonchev–Trinajstić information content (AvgIpc) is 3.08. The molecule has 1 N–H and O–H groups in total. The lowest BCUT2D eigenvalue weighted by atomic mass is 9.94. The average molecular weight is 378 g/mol. The summed E-state index contributed by atoms with van der Waals surface area (Å²) in [5.41, 5.74) is 4.49. The number of nitrogens with one attached hydrogen (secondary N) is 1. The van der Waals surface area contributed by atoms with E-state index in [2.05, 4.69) is 33.4 Å². The Bertz CT molecular complexity index is 899. The predicted octanol–water partition coefficient (Wildman–Crippen LogP) is 2.61. The summed E-state index contributed by atoms with van der Waals surface area (Å²) in [5.74, 6) is 1.27. The van der Waals surface area contributed by atoms with Crippen molar-refractivity contribution in [1.82, 2.24) is 15.3 Å². The van der Waals surface area contributed by atoms with E-state index in [1.54, 1.807) is 0 Å². The fourth-order valence-electron chi connectivity index (χ4n) is 5.01. The van der Waals surface area contributed by atoms with Crippen molar-refractivity contribution in [1.29, 1.82) is 0 Å². The van der Waals surface area contributed by atoms with Crippen molar-refractivity contribution in [3.8, 4) is 11.3 Å². The van der Waals surface area contributed by atoms with E-state index in [1.165, 1.54) is 31.1 Å². The molecule has 0 spiro atoms. The number of hydrogen-bond donors (Lipinski definition) is 1. The molecule has 1 aromatic carbocycles. The SMILES string of the molecule is COC(=O)c1nc2c(c(N3CC4CCCNC4C3)n1)CCCc1ccccc1-2. The molecule has 146 valence electrons. The summed E-state index contributed by atoms with van der Waals surface area (Å²) in [7, 11) is 1.39. The molecule has 6 nitrogen and oxygen atoms in total. The maximum absolute atomic E-state index is 12.3. The molecule has 2 saturated heterocycles. The zero-order chi connectivity index (χ0) is 19.1. The molecular weight excluding hydrogens is 352 g/mol. The fourth-order valence-corrected chi connectivity index (χ4v) is 5.01. The molecule has 6 heteroatoms. The van der Waals surface area contributed by atoms with Crippen molar-refractivity contribution in [2.24, 2.45) is 5.92 Å². The van der Waals surface area contributed by atoms with Crippen LogP contribution >= 0.6 is 0 Å². The Morgan fingerprint density at radius 2 is 2.07 bits per heavy atom. The first-order chi connectivity index (χ1) is 13.7. The highest BCUT2D eigenvalue weighted by molar-refractivity contribution is 5.87. The number of rotatable bonds is 2. The molecular formula is C22H26N4O2. The minimum Gasteiger partial charge on any atom is -0.463 e. The smallest absolute Gasteiger partial charge is 0.376 e. The van der Waals surface area contributed by atoms with Gasteiger partial charge in [-0.25, -0.2) is 14.8 Å². The standard InChI is InChI=1S/C22H26N4O2/c1-28-22(27)20-24-19-16-9-3-2-6-14(16)7-4-10-17(19)21(25-20)26-12-15-8-5-11-23-18(15)13-26/h2-3,6,9,15,18,23H,4-5,7-8,10-13H2,1H3. The highest BCUT2D eigenvalue weighted by Gasteiger charge is 2.37. The number of benzene rings is 1. The summed E-state index contributed by atoms with van der Waals surface area (Å²) in [6, 6.07) is 8.91. The van der Waals surface area contributed by atoms with Crippen LogP contribution in [0.25, 0.3) is 11.3 Å². The van der Waals surface area contributed by atoms with Gasteiger partial charge < -0.3 is 15.0 Å². The molecule has 2 unspecified atom stereocenters. The summed E-state index contributed by atoms with van der Waals surface area (Å²) in [6.07, 6.45) is 5.51. The second kappa shape index (κ2) is 7.17. The van der Waals surface area contributed by atoms with E-state index < -0.39 is 5.97 Å². The Labute approximate surface area is 165 Å². The summed E-state index contributed by atoms with van der Waals surface area (Å²) >= 11 is 0. The first-order valence-electron chi connectivity index (χ1n) is 10.3. The second-order valence-electron chi connectivity index (χ2n) is 8.07. The molecule has 0 bridgehead atoms. The first kappa shape index (κ1) is 17.6. The number of carbonyl (C=O) groups is 1. The van der Waals surface area contributed by atoms with Crippen LogP contribution < -0.4 is 10.2 Å². The Morgan fingerprint density at radius 3 is 2.93 bits per heavy atom. The van der Waals surface area contributed by atoms with Crippen LogP contribution in [0.3, 0.4) is 0 Å². The van der Waals surface area contributed by atoms with Crippen molar-refractivity contribution in [3.63, 3.8) is 0 Å². The van der Waals surface area contributed by atoms with E-state index in [1.807, 2.05) is 6.07 Å². The summed E-state index contributed by atoms with van der Waals surface area (Å²) in [4.78, 5) is 24.1. The number of carbonyl (C=O) groups excluding carboxylic acids is 1. The van der Waals surface area contributed by atoms with Gasteiger partial charge in [0.25, 0.3) is 0 Å². The Hall–Kier alpha value is -2.47. The van der Waals surface area contributed by atoms with Gasteiger partial charge in [-0.2, -0.15) is 0 Å². The topological polar surface area (TPSA) is 67.3 Å². The Kier molecular flexibility index (Phi) is 4.51. The van der Waals surface area contributed by atoms with Gasteiger partial charge in [0.15, 0.2) is 0 Å². The normalized spacial score (nSPS) is 23.4. The number of ether oxygens (including phenoxy) is 1. The third kappa shape index (κ3) is 2.96. The van der Waals surface area contributed by atoms with Crippen LogP contribution in [0.5, 0.6) is 0 Å². The van der Waals surface area contributed by atoms with E-state index in [0.29, 0.717) is 12.0 Å². The number of hydrogen-bond acceptors (Lipinski definition) is 6. The predicted molar refractivity (Wildman–Crippen MR) is 108 cm³/mol. The largest absolute Gasteiger partial charge is 0.463 e. The van der Waals surface area contributed by atoms with Crippen LogP contribution in [-0.2, 0) is 17.6 Å². The van der Waals surface area contributed by atoms with Gasteiger partial charge in [-0.05, 0) is 50.1 Å². The zero-order valence-corrected chi connectivity index (χ0v) is 16.3. The minimum absolute atomic E-state index is 0.163. The Morgan fingerprint density at radius 1 is 1.18 bits per heavy atom. The molecule has 5 rings (SSSR count). The van der Waals surface area contributed by atoms with Crippen molar-refractivity contribution in [2.45, 2.75) is 38.1 Å². The second-order valence-corrected chi connectivity index (χ2v) is 8.07. The van der Waals surface area contributed by atoms with Crippen LogP contribution in [0.15, 0.2) is 24.3 Å². The van der Waals surface area contributed by atoms with Crippen LogP contribution in [0.2, 0.25) is 0 Å². The first-order valence-corrected chi connectivity index (χ1v) is 10.3. The van der Waals surface area contributed by atoms with Gasteiger partial charge in [0.2, 0.25) is 5.82 Å². The van der Waals surface area contributed by atoms with Crippen LogP contribution in [0, 0.1) is 5.92 Å². The van der Waals surface area contributed by atoms with Gasteiger partial charge in [-0.3, -0.25) is 0 Å². The number of anilines is 1. The van der Waals surface area contributed by atoms with E-state index in [-0.39, 0.29) is 5.82 Å². The van der Waals surface area contributed by atoms with Gasteiger partial charge in [0.05, 0.1) is 12.8 Å². The number of aromatic nitrogens is 2. The summed E-state index contributed by atoms with van der Waals surface area (Å²) < 4.78 is 4.96. The number of esters is 1. The van der Waals surface area contributed by atoms with Gasteiger partial charge in [0, 0.05) is 30.3 Å². The lowest BCUT2D eigenvalue weighted by Crippen LogP contribution is -2.40. The molecule has 1 aromatic heterocycles. The molecule has 0 radical (unpaired) electrons. The summed E-state index contributed by atoms with van der Waals surface area (Å²) in [6.45, 7) is 3.03. The van der Waals surface area contributed by atoms with Crippen molar-refractivity contribution in [3.05, 3.63) is 41.2 Å². The molecule has 0 saturated carbocycles. The third-order valence-electron chi connectivity index (χ3n) is 6.40. The van der Waals surface area contributed by atoms with Gasteiger partial charge in [0.1, 0.15) is 5.82 Å². The lowest BCUT2D eigenvalue weighted by Gasteiger charge is -2.24. The lowest BCUT2D eigenvalue weighted by molar-refractivity contribution is 0.0587. The number of piperidine rings is 1. The molecule has 28 heavy (non-hydrogen) atoms. The number of fused-ring (bicyclic) bond motifs is 4. The zero-order valence-electron chi connectivity index (χ0n) is 16.3. The number of methoxy groups -OCH3 is 1. The van der Waals surface area contributed by atoms with E-state index >= 15 is 0 Å². The van der Waals surface area contributed by atoms with Crippen molar-refractivity contribution < 1.29 is 9.53 Å². The highest BCUT2D eigenvalue weighted by atomic mass is 16.5. The monoisotopic (exact) mass is 378 g/mol. The molecule has 0 amide bonds. The Balaban J connectivity index is 1.64. The van der Waals surface area contributed by atoms with Gasteiger partial charge in [-0.15, -0.1) is 0 Å². The van der Waals surface area contributed by atoms with E-state index in [9.17, 15) is 4.79 Å². The molecule has 1 aliphatic carbocycles. The van der Waals surface area contributed by atoms with Crippen LogP contribution in [0.1, 0.15) is 41.0 Å². The van der Waals surface area contributed by atoms with Crippen LogP contribution in [0.4, 0.5) is 5.82 Å². The maximum atomic E-state index is 12.3. The van der Waals surface area contributed by atoms with E-state index in [0.717, 1.165) is 56.0 Å². The molecule has 3 heterocycles. The van der Waals surface area contributed by atoms with Gasteiger partial charge in [-0.1, -0.05) is 24.3 Å².